The van der Waals surface area contributed by atoms with E-state index in [1.54, 1.807) is 30.3 Å². The molecule has 0 saturated heterocycles. The first kappa shape index (κ1) is 13.8. The predicted molar refractivity (Wildman–Crippen MR) is 74.2 cm³/mol. The van der Waals surface area contributed by atoms with Crippen LogP contribution in [-0.4, -0.2) is 22.6 Å². The maximum atomic E-state index is 11.9. The number of aliphatic hydroxyl groups is 1. The Morgan fingerprint density at radius 1 is 1.40 bits per heavy atom. The lowest BCUT2D eigenvalue weighted by Gasteiger charge is -2.02. The number of aryl methyl sites for hydroxylation is 1. The molecule has 0 aliphatic heterocycles. The molecule has 2 N–H and O–H groups in total. The number of rotatable bonds is 3. The van der Waals surface area contributed by atoms with Gasteiger partial charge in [-0.3, -0.25) is 4.79 Å². The van der Waals surface area contributed by atoms with Crippen LogP contribution in [0.5, 0.6) is 0 Å². The van der Waals surface area contributed by atoms with Gasteiger partial charge in [0.2, 0.25) is 0 Å². The molecule has 0 saturated carbocycles. The van der Waals surface area contributed by atoms with Crippen LogP contribution >= 0.6 is 0 Å². The van der Waals surface area contributed by atoms with E-state index in [4.69, 9.17) is 9.52 Å². The van der Waals surface area contributed by atoms with Crippen LogP contribution in [0.2, 0.25) is 0 Å². The van der Waals surface area contributed by atoms with Gasteiger partial charge in [0.15, 0.2) is 5.76 Å². The van der Waals surface area contributed by atoms with Gasteiger partial charge in [0.25, 0.3) is 5.91 Å². The smallest absolute Gasteiger partial charge is 0.292 e. The fraction of sp³-hybridized carbons (Fsp3) is 0.200. The molecule has 1 amide bonds. The van der Waals surface area contributed by atoms with Crippen molar-refractivity contribution in [2.45, 2.75) is 13.3 Å². The van der Waals surface area contributed by atoms with Gasteiger partial charge in [-0.1, -0.05) is 18.9 Å². The quantitative estimate of drug-likeness (QED) is 0.834. The van der Waals surface area contributed by atoms with Crippen LogP contribution in [0.3, 0.4) is 0 Å². The molecule has 5 heteroatoms. The summed E-state index contributed by atoms with van der Waals surface area (Å²) in [7, 11) is 0. The second-order valence-electron chi connectivity index (χ2n) is 3.94. The highest BCUT2D eigenvalue weighted by atomic mass is 16.3. The number of hydrogen-bond donors (Lipinski definition) is 2. The highest BCUT2D eigenvalue weighted by Crippen LogP contribution is 2.11. The highest BCUT2D eigenvalue weighted by molar-refractivity contribution is 6.01. The lowest BCUT2D eigenvalue weighted by atomic mass is 10.3. The number of carbonyl (C=O) groups excluding carboxylic acids is 1. The zero-order chi connectivity index (χ0) is 14.4. The van der Waals surface area contributed by atoms with Gasteiger partial charge in [-0.15, -0.1) is 0 Å². The summed E-state index contributed by atoms with van der Waals surface area (Å²) >= 11 is 0. The maximum absolute atomic E-state index is 11.9. The van der Waals surface area contributed by atoms with Crippen molar-refractivity contribution in [3.05, 3.63) is 47.5 Å². The molecule has 0 atom stereocenters. The summed E-state index contributed by atoms with van der Waals surface area (Å²) in [5.41, 5.74) is 0.477. The molecular weight excluding hydrogens is 256 g/mol. The Morgan fingerprint density at radius 3 is 2.95 bits per heavy atom. The average molecular weight is 270 g/mol. The molecule has 2 rings (SSSR count). The number of furan rings is 1. The minimum Gasteiger partial charge on any atom is -0.456 e. The van der Waals surface area contributed by atoms with Crippen LogP contribution in [0.25, 0.3) is 0 Å². The van der Waals surface area contributed by atoms with Crippen LogP contribution < -0.4 is 5.32 Å². The van der Waals surface area contributed by atoms with Crippen molar-refractivity contribution in [3.8, 4) is 11.8 Å². The fourth-order valence-electron chi connectivity index (χ4n) is 1.57. The molecule has 0 radical (unpaired) electrons. The van der Waals surface area contributed by atoms with Crippen LogP contribution in [-0.2, 0) is 6.42 Å². The molecule has 0 aromatic carbocycles. The zero-order valence-electron chi connectivity index (χ0n) is 11.0. The minimum absolute atomic E-state index is 0.232. The van der Waals surface area contributed by atoms with E-state index in [0.29, 0.717) is 11.5 Å². The summed E-state index contributed by atoms with van der Waals surface area (Å²) in [6.07, 6.45) is 0.734. The van der Waals surface area contributed by atoms with Crippen molar-refractivity contribution in [1.82, 2.24) is 4.98 Å². The number of hydrogen-bond acceptors (Lipinski definition) is 4. The van der Waals surface area contributed by atoms with E-state index >= 15 is 0 Å². The molecule has 102 valence electrons. The van der Waals surface area contributed by atoms with Gasteiger partial charge < -0.3 is 14.8 Å². The molecule has 2 heterocycles. The third kappa shape index (κ3) is 3.46. The van der Waals surface area contributed by atoms with Crippen molar-refractivity contribution in [3.63, 3.8) is 0 Å². The van der Waals surface area contributed by atoms with E-state index in [-0.39, 0.29) is 18.3 Å². The largest absolute Gasteiger partial charge is 0.456 e. The van der Waals surface area contributed by atoms with E-state index < -0.39 is 0 Å². The van der Waals surface area contributed by atoms with Gasteiger partial charge >= 0.3 is 0 Å². The fourth-order valence-corrected chi connectivity index (χ4v) is 1.57. The third-order valence-electron chi connectivity index (χ3n) is 2.52. The maximum Gasteiger partial charge on any atom is 0.292 e. The van der Waals surface area contributed by atoms with E-state index in [9.17, 15) is 4.79 Å². The Bertz CT molecular complexity index is 665. The number of amides is 1. The molecule has 0 unspecified atom stereocenters. The molecule has 20 heavy (non-hydrogen) atoms. The summed E-state index contributed by atoms with van der Waals surface area (Å²) < 4.78 is 5.36. The molecule has 2 aromatic heterocycles. The van der Waals surface area contributed by atoms with Gasteiger partial charge in [0.05, 0.1) is 0 Å². The van der Waals surface area contributed by atoms with Crippen molar-refractivity contribution in [1.29, 1.82) is 0 Å². The number of nitrogens with one attached hydrogen (secondary N) is 1. The number of pyridine rings is 1. The molecule has 0 bridgehead atoms. The predicted octanol–water partition coefficient (Wildman–Crippen LogP) is 1.83. The summed E-state index contributed by atoms with van der Waals surface area (Å²) in [6.45, 7) is 1.72. The molecular formula is C15H14N2O3. The number of anilines is 1. The molecule has 0 spiro atoms. The summed E-state index contributed by atoms with van der Waals surface area (Å²) in [6, 6.07) is 8.48. The lowest BCUT2D eigenvalue weighted by Crippen LogP contribution is -2.12. The molecule has 0 aliphatic carbocycles. The Kier molecular flexibility index (Phi) is 4.53. The lowest BCUT2D eigenvalue weighted by molar-refractivity contribution is 0.0994. The standard InChI is InChI=1S/C15H14N2O3/c1-2-12-8-9-13(20-12)15(19)17-14-7-3-5-11(16-14)6-4-10-18/h3,5,7-9,18H,2,10H2,1H3,(H,16,17,19). The third-order valence-corrected chi connectivity index (χ3v) is 2.52. The Hall–Kier alpha value is -2.58. The minimum atomic E-state index is -0.357. The van der Waals surface area contributed by atoms with E-state index in [1.807, 2.05) is 6.92 Å². The van der Waals surface area contributed by atoms with Gasteiger partial charge in [0, 0.05) is 6.42 Å². The van der Waals surface area contributed by atoms with Crippen molar-refractivity contribution in [2.75, 3.05) is 11.9 Å². The Balaban J connectivity index is 2.11. The monoisotopic (exact) mass is 270 g/mol. The van der Waals surface area contributed by atoms with E-state index in [0.717, 1.165) is 12.2 Å². The van der Waals surface area contributed by atoms with E-state index in [1.165, 1.54) is 0 Å². The Labute approximate surface area is 116 Å². The van der Waals surface area contributed by atoms with Crippen LogP contribution in [0.15, 0.2) is 34.7 Å². The van der Waals surface area contributed by atoms with Crippen LogP contribution in [0, 0.1) is 11.8 Å². The molecule has 2 aromatic rings. The van der Waals surface area contributed by atoms with Gasteiger partial charge in [-0.05, 0) is 30.2 Å². The molecule has 0 aliphatic rings. The first-order valence-electron chi connectivity index (χ1n) is 6.19. The number of nitrogens with zero attached hydrogens (tertiary/aromatic N) is 1. The normalized spacial score (nSPS) is 9.70. The van der Waals surface area contributed by atoms with Crippen molar-refractivity contribution < 1.29 is 14.3 Å². The SMILES string of the molecule is CCc1ccc(C(=O)Nc2cccc(C#CCO)n2)o1. The van der Waals surface area contributed by atoms with Gasteiger partial charge in [-0.2, -0.15) is 0 Å². The second-order valence-corrected chi connectivity index (χ2v) is 3.94. The van der Waals surface area contributed by atoms with Gasteiger partial charge in [-0.25, -0.2) is 4.98 Å². The molecule has 5 nitrogen and oxygen atoms in total. The second kappa shape index (κ2) is 6.55. The summed E-state index contributed by atoms with van der Waals surface area (Å²) in [5, 5.41) is 11.3. The first-order valence-corrected chi connectivity index (χ1v) is 6.19. The summed E-state index contributed by atoms with van der Waals surface area (Å²) in [4.78, 5) is 16.1. The van der Waals surface area contributed by atoms with Crippen molar-refractivity contribution >= 4 is 11.7 Å². The number of aliphatic hydroxyl groups excluding tert-OH is 1. The van der Waals surface area contributed by atoms with Gasteiger partial charge in [0.1, 0.15) is 23.9 Å². The first-order chi connectivity index (χ1) is 9.72. The van der Waals surface area contributed by atoms with Crippen LogP contribution in [0.4, 0.5) is 5.82 Å². The number of carbonyl (C=O) groups is 1. The summed E-state index contributed by atoms with van der Waals surface area (Å²) in [5.74, 6) is 6.20. The zero-order valence-corrected chi connectivity index (χ0v) is 11.0. The van der Waals surface area contributed by atoms with Crippen molar-refractivity contribution in [2.24, 2.45) is 0 Å². The Morgan fingerprint density at radius 2 is 2.25 bits per heavy atom. The van der Waals surface area contributed by atoms with E-state index in [2.05, 4.69) is 22.1 Å². The topological polar surface area (TPSA) is 75.4 Å². The average Bonchev–Trinajstić information content (AvgIpc) is 2.94. The molecule has 0 fully saturated rings. The highest BCUT2D eigenvalue weighted by Gasteiger charge is 2.11. The van der Waals surface area contributed by atoms with Crippen LogP contribution in [0.1, 0.15) is 28.9 Å². The number of aromatic nitrogens is 1.